The van der Waals surface area contributed by atoms with Gasteiger partial charge in [0.05, 0.1) is 29.2 Å². The van der Waals surface area contributed by atoms with Gasteiger partial charge in [-0.3, -0.25) is 19.9 Å². The molecule has 12 aromatic rings. The second-order valence-electron chi connectivity index (χ2n) is 17.9. The molecule has 12 rings (SSSR count). The summed E-state index contributed by atoms with van der Waals surface area (Å²) in [6, 6.07) is 74.3. The summed E-state index contributed by atoms with van der Waals surface area (Å²) in [4.78, 5) is 19.4. The summed E-state index contributed by atoms with van der Waals surface area (Å²) in [7, 11) is 5.72. The Bertz CT molecular complexity index is 4220. The number of methoxy groups -OCH3 is 1. The van der Waals surface area contributed by atoms with Crippen molar-refractivity contribution in [1.29, 1.82) is 0 Å². The second kappa shape index (κ2) is 26.5. The number of fused-ring (bicyclic) bond motifs is 4. The van der Waals surface area contributed by atoms with E-state index in [0.717, 1.165) is 93.9 Å². The average molecular weight is 1000 g/mol. The molecule has 0 saturated carbocycles. The van der Waals surface area contributed by atoms with Crippen LogP contribution in [0.5, 0.6) is 5.75 Å². The quantitative estimate of drug-likeness (QED) is 0.161. The summed E-state index contributed by atoms with van der Waals surface area (Å²) in [5.41, 5.74) is 14.4. The lowest BCUT2D eigenvalue weighted by molar-refractivity contribution is 0.415. The molecule has 4 aromatic heterocycles. The van der Waals surface area contributed by atoms with Crippen LogP contribution in [-0.2, 0) is 0 Å². The van der Waals surface area contributed by atoms with Crippen molar-refractivity contribution in [3.8, 4) is 53.1 Å². The maximum atomic E-state index is 5.13. The molecule has 78 heavy (non-hydrogen) atoms. The van der Waals surface area contributed by atoms with E-state index in [0.29, 0.717) is 0 Å². The van der Waals surface area contributed by atoms with E-state index in [4.69, 9.17) is 4.74 Å². The van der Waals surface area contributed by atoms with Gasteiger partial charge in [-0.1, -0.05) is 156 Å². The van der Waals surface area contributed by atoms with E-state index in [1.54, 1.807) is 19.5 Å². The van der Waals surface area contributed by atoms with Crippen molar-refractivity contribution in [1.82, 2.24) is 19.9 Å². The van der Waals surface area contributed by atoms with Gasteiger partial charge in [0.25, 0.3) is 0 Å². The Morgan fingerprint density at radius 3 is 0.936 bits per heavy atom. The van der Waals surface area contributed by atoms with Crippen LogP contribution in [-0.4, -0.2) is 41.1 Å². The minimum absolute atomic E-state index is 0.838. The number of ether oxygens (including phenoxy) is 1. The fraction of sp³-hybridized carbons (Fsp3) is 0.0556. The molecule has 0 atom stereocenters. The third kappa shape index (κ3) is 14.3. The van der Waals surface area contributed by atoms with Gasteiger partial charge in [0.15, 0.2) is 0 Å². The van der Waals surface area contributed by atoms with Crippen LogP contribution in [0.4, 0.5) is 5.69 Å². The van der Waals surface area contributed by atoms with Gasteiger partial charge in [0, 0.05) is 111 Å². The van der Waals surface area contributed by atoms with Crippen molar-refractivity contribution >= 4 is 49.3 Å². The van der Waals surface area contributed by atoms with Gasteiger partial charge in [0.2, 0.25) is 0 Å². The average Bonchev–Trinajstić information content (AvgIpc) is 3.51. The number of benzene rings is 8. The number of hydrogen-bond acceptors (Lipinski definition) is 6. The molecule has 0 N–H and O–H groups in total. The van der Waals surface area contributed by atoms with Crippen molar-refractivity contribution in [3.63, 3.8) is 0 Å². The van der Waals surface area contributed by atoms with Crippen LogP contribution in [0.25, 0.3) is 43.6 Å². The summed E-state index contributed by atoms with van der Waals surface area (Å²) in [6.07, 6.45) is 7.21. The Morgan fingerprint density at radius 1 is 0.308 bits per heavy atom. The van der Waals surface area contributed by atoms with Gasteiger partial charge in [-0.2, -0.15) is 0 Å². The first-order valence-electron chi connectivity index (χ1n) is 25.3. The molecule has 0 bridgehead atoms. The minimum atomic E-state index is 0.838. The Labute approximate surface area is 457 Å². The molecule has 0 fully saturated rings. The van der Waals surface area contributed by atoms with Gasteiger partial charge in [0.1, 0.15) is 5.75 Å². The lowest BCUT2D eigenvalue weighted by atomic mass is 10.1. The Hall–Kier alpha value is -10.8. The van der Waals surface area contributed by atoms with E-state index in [1.165, 1.54) is 11.3 Å². The van der Waals surface area contributed by atoms with Gasteiger partial charge in [-0.05, 0) is 128 Å². The first kappa shape index (κ1) is 52.1. The monoisotopic (exact) mass is 1000 g/mol. The van der Waals surface area contributed by atoms with Crippen LogP contribution in [0.15, 0.2) is 249 Å². The molecule has 6 heteroatoms. The van der Waals surface area contributed by atoms with Crippen LogP contribution in [0, 0.1) is 54.3 Å². The second-order valence-corrected chi connectivity index (χ2v) is 17.9. The molecule has 6 nitrogen and oxygen atoms in total. The molecule has 0 aliphatic heterocycles. The molecule has 0 amide bonds. The summed E-state index contributed by atoms with van der Waals surface area (Å²) in [5, 5.41) is 4.38. The highest BCUT2D eigenvalue weighted by Gasteiger charge is 2.02. The number of rotatable bonds is 2. The van der Waals surface area contributed by atoms with Crippen LogP contribution in [0.1, 0.15) is 50.1 Å². The molecule has 0 saturated heterocycles. The predicted molar refractivity (Wildman–Crippen MR) is 322 cm³/mol. The highest BCUT2D eigenvalue weighted by Crippen LogP contribution is 2.20. The van der Waals surface area contributed by atoms with E-state index in [-0.39, 0.29) is 0 Å². The zero-order valence-corrected chi connectivity index (χ0v) is 43.8. The van der Waals surface area contributed by atoms with E-state index in [9.17, 15) is 0 Å². The lowest BCUT2D eigenvalue weighted by Crippen LogP contribution is -2.07. The first-order chi connectivity index (χ1) is 38.4. The summed E-state index contributed by atoms with van der Waals surface area (Å²) in [5.74, 6) is 26.5. The van der Waals surface area contributed by atoms with Gasteiger partial charge >= 0.3 is 0 Å². The standard InChI is InChI=1S/C19H16N2.C18H13NO.C18H13N.C17H11N/c1-21(2)17-11-8-15(9-12-17)7-10-16-13-14-20-19-6-4-3-5-18(16)19;1-20-16-10-7-14(8-11-16)6-9-15-12-13-19-18-5-3-2-4-17(15)18;1-14-6-8-15(9-7-14)10-11-16-12-13-19-18-5-3-2-4-17(16)18;1-2-6-14(7-3-1)10-11-15-12-13-18-17-9-5-4-8-16(15)17/h3-6,8-9,11-14H,1-2H3;2-5,7-8,10-13H,1H3;2-9,12-13H,1H3;1-9,12-13H. The SMILES string of the molecule is C(#Cc1ccnc2ccccc12)c1ccccc1.CN(C)c1ccc(C#Cc2ccnc3ccccc23)cc1.COc1ccc(C#Cc2ccnc3ccccc23)cc1.Cc1ccc(C#Cc2ccnc3ccccc23)cc1. The van der Waals surface area contributed by atoms with Crippen LogP contribution >= 0.6 is 0 Å². The molecule has 0 spiro atoms. The van der Waals surface area contributed by atoms with Crippen LogP contribution in [0.3, 0.4) is 0 Å². The molecule has 0 radical (unpaired) electrons. The van der Waals surface area contributed by atoms with Gasteiger partial charge in [-0.15, -0.1) is 0 Å². The topological polar surface area (TPSA) is 64.0 Å². The molecule has 8 aromatic carbocycles. The number of para-hydroxylation sites is 4. The fourth-order valence-electron chi connectivity index (χ4n) is 8.05. The maximum Gasteiger partial charge on any atom is 0.118 e. The van der Waals surface area contributed by atoms with Crippen LogP contribution in [0.2, 0.25) is 0 Å². The Balaban J connectivity index is 0.000000127. The van der Waals surface area contributed by atoms with Crippen molar-refractivity contribution in [3.05, 3.63) is 299 Å². The third-order valence-corrected chi connectivity index (χ3v) is 12.3. The van der Waals surface area contributed by atoms with Crippen molar-refractivity contribution in [2.24, 2.45) is 0 Å². The number of hydrogen-bond donors (Lipinski definition) is 0. The van der Waals surface area contributed by atoms with Crippen molar-refractivity contribution in [2.75, 3.05) is 26.1 Å². The number of nitrogens with zero attached hydrogens (tertiary/aromatic N) is 5. The third-order valence-electron chi connectivity index (χ3n) is 12.3. The zero-order chi connectivity index (χ0) is 53.7. The Kier molecular flexibility index (Phi) is 17.7. The molecule has 4 heterocycles. The highest BCUT2D eigenvalue weighted by molar-refractivity contribution is 5.87. The number of pyridine rings is 4. The minimum Gasteiger partial charge on any atom is -0.497 e. The number of anilines is 1. The van der Waals surface area contributed by atoms with E-state index in [2.05, 4.69) is 122 Å². The maximum absolute atomic E-state index is 5.13. The van der Waals surface area contributed by atoms with Crippen molar-refractivity contribution in [2.45, 2.75) is 6.92 Å². The van der Waals surface area contributed by atoms with Crippen molar-refractivity contribution < 1.29 is 4.74 Å². The summed E-state index contributed by atoms with van der Waals surface area (Å²) >= 11 is 0. The lowest BCUT2D eigenvalue weighted by Gasteiger charge is -2.11. The normalized spacial score (nSPS) is 9.90. The zero-order valence-electron chi connectivity index (χ0n) is 43.8. The molecule has 0 aliphatic carbocycles. The molecular weight excluding hydrogens is 951 g/mol. The fourth-order valence-corrected chi connectivity index (χ4v) is 8.05. The molecular formula is C72H53N5O. The van der Waals surface area contributed by atoms with E-state index >= 15 is 0 Å². The predicted octanol–water partition coefficient (Wildman–Crippen LogP) is 14.9. The van der Waals surface area contributed by atoms with Gasteiger partial charge in [-0.25, -0.2) is 0 Å². The molecule has 372 valence electrons. The van der Waals surface area contributed by atoms with E-state index in [1.807, 2.05) is 208 Å². The van der Waals surface area contributed by atoms with Crippen LogP contribution < -0.4 is 9.64 Å². The first-order valence-corrected chi connectivity index (χ1v) is 25.3. The summed E-state index contributed by atoms with van der Waals surface area (Å²) in [6.45, 7) is 2.08. The molecule has 0 unspecified atom stereocenters. The van der Waals surface area contributed by atoms with Gasteiger partial charge < -0.3 is 9.64 Å². The summed E-state index contributed by atoms with van der Waals surface area (Å²) < 4.78 is 5.13. The number of aromatic nitrogens is 4. The number of aryl methyl sites for hydroxylation is 1. The Morgan fingerprint density at radius 2 is 0.603 bits per heavy atom. The largest absolute Gasteiger partial charge is 0.497 e. The highest BCUT2D eigenvalue weighted by atomic mass is 16.5. The smallest absolute Gasteiger partial charge is 0.118 e. The van der Waals surface area contributed by atoms with E-state index < -0.39 is 0 Å². The molecule has 0 aliphatic rings.